The van der Waals surface area contributed by atoms with E-state index in [1.807, 2.05) is 18.8 Å². The molecular weight excluding hydrogens is 431 g/mol. The molecule has 1 aliphatic carbocycles. The second-order valence-electron chi connectivity index (χ2n) is 6.44. The Morgan fingerprint density at radius 3 is 2.54 bits per heavy atom. The Balaban J connectivity index is 0.00000288. The summed E-state index contributed by atoms with van der Waals surface area (Å²) in [5.41, 5.74) is 2.70. The fraction of sp³-hybridized carbons (Fsp3) is 0.611. The van der Waals surface area contributed by atoms with Crippen molar-refractivity contribution in [1.29, 1.82) is 0 Å². The average Bonchev–Trinajstić information content (AvgIpc) is 2.99. The minimum atomic E-state index is 0. The number of hydrogen-bond donors (Lipinski definition) is 2. The van der Waals surface area contributed by atoms with Gasteiger partial charge < -0.3 is 15.5 Å². The van der Waals surface area contributed by atoms with E-state index in [0.29, 0.717) is 6.04 Å². The number of aliphatic imine (C=N–C) groups is 1. The first-order chi connectivity index (χ1) is 11.1. The van der Waals surface area contributed by atoms with Gasteiger partial charge in [0, 0.05) is 31.4 Å². The van der Waals surface area contributed by atoms with Crippen LogP contribution in [0.1, 0.15) is 30.4 Å². The van der Waals surface area contributed by atoms with Crippen molar-refractivity contribution in [3.05, 3.63) is 35.4 Å². The number of rotatable bonds is 6. The normalized spacial score (nSPS) is 20.8. The van der Waals surface area contributed by atoms with Crippen LogP contribution in [0.5, 0.6) is 0 Å². The lowest BCUT2D eigenvalue weighted by atomic mass is 10.1. The SMILES string of the molecule is CN=C(NCc1ccccc1CN(C)C)NC1CCC(SC)C1.I. The van der Waals surface area contributed by atoms with Crippen molar-refractivity contribution >= 4 is 41.7 Å². The maximum absolute atomic E-state index is 4.39. The van der Waals surface area contributed by atoms with Gasteiger partial charge in [-0.05, 0) is 50.7 Å². The van der Waals surface area contributed by atoms with Crippen molar-refractivity contribution in [3.8, 4) is 0 Å². The summed E-state index contributed by atoms with van der Waals surface area (Å²) in [6.45, 7) is 1.77. The van der Waals surface area contributed by atoms with E-state index >= 15 is 0 Å². The van der Waals surface area contributed by atoms with Crippen LogP contribution in [-0.2, 0) is 13.1 Å². The van der Waals surface area contributed by atoms with Crippen LogP contribution in [0.15, 0.2) is 29.3 Å². The van der Waals surface area contributed by atoms with Crippen molar-refractivity contribution in [3.63, 3.8) is 0 Å². The summed E-state index contributed by atoms with van der Waals surface area (Å²) in [6.07, 6.45) is 5.99. The largest absolute Gasteiger partial charge is 0.354 e. The summed E-state index contributed by atoms with van der Waals surface area (Å²) in [7, 11) is 6.06. The monoisotopic (exact) mass is 462 g/mol. The summed E-state index contributed by atoms with van der Waals surface area (Å²) in [5.74, 6) is 0.913. The molecule has 0 bridgehead atoms. The summed E-state index contributed by atoms with van der Waals surface area (Å²) in [5, 5.41) is 7.85. The molecule has 2 N–H and O–H groups in total. The van der Waals surface area contributed by atoms with Gasteiger partial charge in [-0.3, -0.25) is 4.99 Å². The molecule has 2 rings (SSSR count). The Morgan fingerprint density at radius 2 is 1.96 bits per heavy atom. The van der Waals surface area contributed by atoms with Gasteiger partial charge in [-0.1, -0.05) is 24.3 Å². The molecule has 1 saturated carbocycles. The maximum Gasteiger partial charge on any atom is 0.191 e. The first-order valence-electron chi connectivity index (χ1n) is 8.34. The molecule has 0 aromatic heterocycles. The van der Waals surface area contributed by atoms with E-state index in [2.05, 4.69) is 65.1 Å². The molecule has 1 aliphatic rings. The van der Waals surface area contributed by atoms with Gasteiger partial charge in [0.05, 0.1) is 0 Å². The topological polar surface area (TPSA) is 39.7 Å². The van der Waals surface area contributed by atoms with E-state index in [9.17, 15) is 0 Å². The lowest BCUT2D eigenvalue weighted by molar-refractivity contribution is 0.400. The summed E-state index contributed by atoms with van der Waals surface area (Å²) in [4.78, 5) is 6.59. The van der Waals surface area contributed by atoms with Crippen molar-refractivity contribution in [2.75, 3.05) is 27.4 Å². The Morgan fingerprint density at radius 1 is 1.25 bits per heavy atom. The predicted octanol–water partition coefficient (Wildman–Crippen LogP) is 3.32. The van der Waals surface area contributed by atoms with E-state index in [1.165, 1.54) is 30.4 Å². The van der Waals surface area contributed by atoms with Crippen molar-refractivity contribution in [2.24, 2.45) is 4.99 Å². The van der Waals surface area contributed by atoms with E-state index in [4.69, 9.17) is 0 Å². The zero-order valence-corrected chi connectivity index (χ0v) is 18.4. The van der Waals surface area contributed by atoms with E-state index in [-0.39, 0.29) is 24.0 Å². The molecule has 1 fully saturated rings. The lowest BCUT2D eigenvalue weighted by Gasteiger charge is -2.19. The van der Waals surface area contributed by atoms with Gasteiger partial charge in [0.25, 0.3) is 0 Å². The van der Waals surface area contributed by atoms with Crippen LogP contribution >= 0.6 is 35.7 Å². The fourth-order valence-electron chi connectivity index (χ4n) is 3.08. The Hall–Kier alpha value is -0.470. The highest BCUT2D eigenvalue weighted by Crippen LogP contribution is 2.28. The van der Waals surface area contributed by atoms with Crippen molar-refractivity contribution < 1.29 is 0 Å². The number of hydrogen-bond acceptors (Lipinski definition) is 3. The van der Waals surface area contributed by atoms with E-state index < -0.39 is 0 Å². The maximum atomic E-state index is 4.39. The fourth-order valence-corrected chi connectivity index (χ4v) is 3.87. The van der Waals surface area contributed by atoms with Crippen LogP contribution in [0.3, 0.4) is 0 Å². The predicted molar refractivity (Wildman–Crippen MR) is 118 cm³/mol. The molecule has 1 aromatic rings. The standard InChI is InChI=1S/C18H30N4S.HI/c1-19-18(21-16-9-10-17(11-16)23-4)20-12-14-7-5-6-8-15(14)13-22(2)3;/h5-8,16-17H,9-13H2,1-4H3,(H2,19,20,21);1H. The molecule has 136 valence electrons. The summed E-state index contributed by atoms with van der Waals surface area (Å²) < 4.78 is 0. The highest BCUT2D eigenvalue weighted by Gasteiger charge is 2.24. The third-order valence-corrected chi connectivity index (χ3v) is 5.43. The van der Waals surface area contributed by atoms with Crippen molar-refractivity contribution in [1.82, 2.24) is 15.5 Å². The van der Waals surface area contributed by atoms with Gasteiger partial charge in [0.15, 0.2) is 5.96 Å². The van der Waals surface area contributed by atoms with Gasteiger partial charge in [-0.2, -0.15) is 11.8 Å². The van der Waals surface area contributed by atoms with Gasteiger partial charge in [0.2, 0.25) is 0 Å². The number of nitrogens with one attached hydrogen (secondary N) is 2. The van der Waals surface area contributed by atoms with Crippen LogP contribution < -0.4 is 10.6 Å². The Labute approximate surface area is 168 Å². The van der Waals surface area contributed by atoms with Gasteiger partial charge in [-0.25, -0.2) is 0 Å². The smallest absolute Gasteiger partial charge is 0.191 e. The quantitative estimate of drug-likeness (QED) is 0.387. The molecule has 0 amide bonds. The van der Waals surface area contributed by atoms with Crippen molar-refractivity contribution in [2.45, 2.75) is 43.6 Å². The minimum absolute atomic E-state index is 0. The number of benzene rings is 1. The van der Waals surface area contributed by atoms with E-state index in [0.717, 1.165) is 24.3 Å². The van der Waals surface area contributed by atoms with Crippen LogP contribution in [0, 0.1) is 0 Å². The molecule has 0 radical (unpaired) electrons. The second kappa shape index (κ2) is 11.2. The van der Waals surface area contributed by atoms with Crippen LogP contribution in [-0.4, -0.2) is 49.6 Å². The number of nitrogens with zero attached hydrogens (tertiary/aromatic N) is 2. The molecule has 0 heterocycles. The molecule has 24 heavy (non-hydrogen) atoms. The van der Waals surface area contributed by atoms with Crippen LogP contribution in [0.25, 0.3) is 0 Å². The third-order valence-electron chi connectivity index (χ3n) is 4.33. The molecule has 0 spiro atoms. The van der Waals surface area contributed by atoms with Gasteiger partial charge in [-0.15, -0.1) is 24.0 Å². The molecule has 0 aliphatic heterocycles. The molecule has 1 aromatic carbocycles. The van der Waals surface area contributed by atoms with Gasteiger partial charge in [0.1, 0.15) is 0 Å². The minimum Gasteiger partial charge on any atom is -0.354 e. The molecular formula is C18H31IN4S. The van der Waals surface area contributed by atoms with Crippen LogP contribution in [0.2, 0.25) is 0 Å². The second-order valence-corrected chi connectivity index (χ2v) is 7.58. The zero-order valence-electron chi connectivity index (χ0n) is 15.2. The summed E-state index contributed by atoms with van der Waals surface area (Å²) in [6, 6.07) is 9.16. The molecule has 4 nitrogen and oxygen atoms in total. The molecule has 0 saturated heterocycles. The third kappa shape index (κ3) is 6.80. The molecule has 2 unspecified atom stereocenters. The Bertz CT molecular complexity index is 521. The highest BCUT2D eigenvalue weighted by atomic mass is 127. The Kier molecular flexibility index (Phi) is 10.1. The summed E-state index contributed by atoms with van der Waals surface area (Å²) >= 11 is 1.98. The number of guanidine groups is 1. The number of thioether (sulfide) groups is 1. The average molecular weight is 462 g/mol. The molecule has 2 atom stereocenters. The van der Waals surface area contributed by atoms with E-state index in [1.54, 1.807) is 0 Å². The first-order valence-corrected chi connectivity index (χ1v) is 9.62. The zero-order chi connectivity index (χ0) is 16.7. The van der Waals surface area contributed by atoms with Crippen LogP contribution in [0.4, 0.5) is 0 Å². The lowest BCUT2D eigenvalue weighted by Crippen LogP contribution is -2.42. The molecule has 6 heteroatoms. The number of halogens is 1. The highest BCUT2D eigenvalue weighted by molar-refractivity contribution is 14.0. The van der Waals surface area contributed by atoms with Gasteiger partial charge >= 0.3 is 0 Å². The first kappa shape index (κ1) is 21.6.